The Bertz CT molecular complexity index is 723. The predicted octanol–water partition coefficient (Wildman–Crippen LogP) is 3.08. The van der Waals surface area contributed by atoms with Gasteiger partial charge in [0.05, 0.1) is 12.5 Å². The van der Waals surface area contributed by atoms with Crippen LogP contribution in [0.25, 0.3) is 0 Å². The molecule has 0 amide bonds. The molecular weight excluding hydrogens is 330 g/mol. The number of ether oxygens (including phenoxy) is 2. The van der Waals surface area contributed by atoms with Crippen LogP contribution in [0.3, 0.4) is 0 Å². The van der Waals surface area contributed by atoms with E-state index < -0.39 is 6.10 Å². The summed E-state index contributed by atoms with van der Waals surface area (Å²) < 4.78 is 11.8. The maximum absolute atomic E-state index is 11.6. The van der Waals surface area contributed by atoms with Crippen LogP contribution in [0.4, 0.5) is 5.69 Å². The summed E-state index contributed by atoms with van der Waals surface area (Å²) >= 11 is 0. The molecule has 1 aromatic rings. The van der Waals surface area contributed by atoms with Gasteiger partial charge in [0.1, 0.15) is 17.5 Å². The number of carbonyl (C=O) groups excluding carboxylic acids is 1. The topological polar surface area (TPSA) is 59.0 Å². The molecule has 0 bridgehead atoms. The van der Waals surface area contributed by atoms with Crippen LogP contribution in [0.1, 0.15) is 55.4 Å². The summed E-state index contributed by atoms with van der Waals surface area (Å²) in [6.45, 7) is 8.57. The van der Waals surface area contributed by atoms with Crippen LogP contribution in [-0.2, 0) is 22.4 Å². The summed E-state index contributed by atoms with van der Waals surface area (Å²) in [7, 11) is 4.15. The highest BCUT2D eigenvalue weighted by Crippen LogP contribution is 2.46. The minimum atomic E-state index is -0.585. The van der Waals surface area contributed by atoms with Crippen molar-refractivity contribution >= 4 is 11.7 Å². The molecule has 0 aromatic heterocycles. The van der Waals surface area contributed by atoms with Gasteiger partial charge in [0.2, 0.25) is 0 Å². The van der Waals surface area contributed by atoms with E-state index in [2.05, 4.69) is 46.7 Å². The molecule has 2 heterocycles. The van der Waals surface area contributed by atoms with Crippen molar-refractivity contribution in [3.05, 3.63) is 22.3 Å². The van der Waals surface area contributed by atoms with Crippen molar-refractivity contribution in [1.29, 1.82) is 0 Å². The van der Waals surface area contributed by atoms with E-state index in [1.165, 1.54) is 27.9 Å². The minimum absolute atomic E-state index is 0.109. The smallest absolute Gasteiger partial charge is 0.308 e. The first-order valence-electron chi connectivity index (χ1n) is 9.48. The summed E-state index contributed by atoms with van der Waals surface area (Å²) in [6.07, 6.45) is 2.20. The molecule has 26 heavy (non-hydrogen) atoms. The molecule has 1 fully saturated rings. The second-order valence-electron chi connectivity index (χ2n) is 8.56. The van der Waals surface area contributed by atoms with Gasteiger partial charge in [-0.05, 0) is 57.2 Å². The van der Waals surface area contributed by atoms with Gasteiger partial charge >= 0.3 is 5.97 Å². The number of nitrogens with zero attached hydrogens (tertiary/aromatic N) is 1. The molecule has 2 aliphatic heterocycles. The Balaban J connectivity index is 1.93. The maximum atomic E-state index is 11.6. The first-order valence-corrected chi connectivity index (χ1v) is 9.48. The van der Waals surface area contributed by atoms with Crippen molar-refractivity contribution in [3.8, 4) is 5.75 Å². The standard InChI is InChI=1S/C21H31NO4/c1-12-16(8-7-15-9-14(23)10-18(24)25-15)20-17(11-21(3,4)26-20)13(2)19(12)22(5)6/h14-15,23H,7-11H2,1-6H3/t14-,15-/m1/s1. The largest absolute Gasteiger partial charge is 0.487 e. The molecule has 0 spiro atoms. The molecule has 0 unspecified atom stereocenters. The number of benzene rings is 1. The number of cyclic esters (lactones) is 1. The Labute approximate surface area is 156 Å². The zero-order valence-electron chi connectivity index (χ0n) is 16.8. The summed E-state index contributed by atoms with van der Waals surface area (Å²) in [6, 6.07) is 0. The number of rotatable bonds is 4. The van der Waals surface area contributed by atoms with Gasteiger partial charge in [0, 0.05) is 38.2 Å². The Morgan fingerprint density at radius 2 is 1.92 bits per heavy atom. The van der Waals surface area contributed by atoms with E-state index in [0.29, 0.717) is 12.8 Å². The highest BCUT2D eigenvalue weighted by Gasteiger charge is 2.36. The summed E-state index contributed by atoms with van der Waals surface area (Å²) in [5.74, 6) is 0.712. The van der Waals surface area contributed by atoms with Crippen LogP contribution in [0.2, 0.25) is 0 Å². The molecule has 0 radical (unpaired) electrons. The average molecular weight is 361 g/mol. The van der Waals surface area contributed by atoms with Crippen LogP contribution < -0.4 is 9.64 Å². The van der Waals surface area contributed by atoms with E-state index in [-0.39, 0.29) is 24.1 Å². The zero-order chi connectivity index (χ0) is 19.2. The van der Waals surface area contributed by atoms with Crippen LogP contribution in [0, 0.1) is 13.8 Å². The second kappa shape index (κ2) is 6.76. The van der Waals surface area contributed by atoms with Crippen molar-refractivity contribution in [2.75, 3.05) is 19.0 Å². The fourth-order valence-electron chi connectivity index (χ4n) is 4.48. The van der Waals surface area contributed by atoms with Gasteiger partial charge < -0.3 is 19.5 Å². The Hall–Kier alpha value is -1.75. The van der Waals surface area contributed by atoms with Crippen molar-refractivity contribution in [2.24, 2.45) is 0 Å². The van der Waals surface area contributed by atoms with Crippen molar-refractivity contribution < 1.29 is 19.4 Å². The normalized spacial score (nSPS) is 24.0. The molecule has 1 saturated heterocycles. The van der Waals surface area contributed by atoms with Crippen LogP contribution in [0.5, 0.6) is 5.75 Å². The zero-order valence-corrected chi connectivity index (χ0v) is 16.8. The molecule has 0 aliphatic carbocycles. The number of fused-ring (bicyclic) bond motifs is 1. The lowest BCUT2D eigenvalue weighted by Gasteiger charge is -2.28. The van der Waals surface area contributed by atoms with Crippen molar-refractivity contribution in [3.63, 3.8) is 0 Å². The van der Waals surface area contributed by atoms with Crippen molar-refractivity contribution in [1.82, 2.24) is 0 Å². The monoisotopic (exact) mass is 361 g/mol. The molecule has 2 atom stereocenters. The lowest BCUT2D eigenvalue weighted by molar-refractivity contribution is -0.160. The third-order valence-corrected chi connectivity index (χ3v) is 5.54. The van der Waals surface area contributed by atoms with E-state index in [1.54, 1.807) is 0 Å². The summed E-state index contributed by atoms with van der Waals surface area (Å²) in [4.78, 5) is 13.8. The molecule has 144 valence electrons. The molecule has 2 aliphatic rings. The summed E-state index contributed by atoms with van der Waals surface area (Å²) in [5, 5.41) is 9.85. The molecule has 0 saturated carbocycles. The maximum Gasteiger partial charge on any atom is 0.308 e. The number of aliphatic hydroxyl groups is 1. The third kappa shape index (κ3) is 3.54. The molecular formula is C21H31NO4. The molecule has 1 aromatic carbocycles. The van der Waals surface area contributed by atoms with E-state index in [9.17, 15) is 9.90 Å². The van der Waals surface area contributed by atoms with Gasteiger partial charge in [-0.3, -0.25) is 4.79 Å². The average Bonchev–Trinajstić information content (AvgIpc) is 2.81. The highest BCUT2D eigenvalue weighted by molar-refractivity contribution is 5.71. The fourth-order valence-corrected chi connectivity index (χ4v) is 4.48. The predicted molar refractivity (Wildman–Crippen MR) is 102 cm³/mol. The molecule has 3 rings (SSSR count). The number of hydrogen-bond acceptors (Lipinski definition) is 5. The van der Waals surface area contributed by atoms with Gasteiger partial charge in [0.15, 0.2) is 0 Å². The molecule has 1 N–H and O–H groups in total. The van der Waals surface area contributed by atoms with Gasteiger partial charge in [0.25, 0.3) is 0 Å². The van der Waals surface area contributed by atoms with E-state index in [0.717, 1.165) is 18.6 Å². The van der Waals surface area contributed by atoms with Gasteiger partial charge in [-0.25, -0.2) is 0 Å². The first kappa shape index (κ1) is 19.0. The Morgan fingerprint density at radius 1 is 1.23 bits per heavy atom. The number of aliphatic hydroxyl groups excluding tert-OH is 1. The number of carbonyl (C=O) groups is 1. The Morgan fingerprint density at radius 3 is 2.54 bits per heavy atom. The first-order chi connectivity index (χ1) is 12.1. The number of anilines is 1. The lowest BCUT2D eigenvalue weighted by Crippen LogP contribution is -2.32. The molecule has 5 nitrogen and oxygen atoms in total. The highest BCUT2D eigenvalue weighted by atomic mass is 16.5. The van der Waals surface area contributed by atoms with E-state index in [1.807, 2.05) is 0 Å². The quantitative estimate of drug-likeness (QED) is 0.835. The summed E-state index contributed by atoms with van der Waals surface area (Å²) in [5.41, 5.74) is 6.06. The van der Waals surface area contributed by atoms with Gasteiger partial charge in [-0.1, -0.05) is 0 Å². The number of esters is 1. The van der Waals surface area contributed by atoms with Gasteiger partial charge in [-0.2, -0.15) is 0 Å². The fraction of sp³-hybridized carbons (Fsp3) is 0.667. The molecule has 5 heteroatoms. The SMILES string of the molecule is Cc1c(CC[C@@H]2C[C@@H](O)CC(=O)O2)c2c(c(C)c1N(C)C)CC(C)(C)O2. The third-order valence-electron chi connectivity index (χ3n) is 5.54. The lowest BCUT2D eigenvalue weighted by atomic mass is 9.89. The van der Waals surface area contributed by atoms with E-state index in [4.69, 9.17) is 9.47 Å². The van der Waals surface area contributed by atoms with Crippen LogP contribution >= 0.6 is 0 Å². The van der Waals surface area contributed by atoms with Crippen LogP contribution in [-0.4, -0.2) is 43.0 Å². The second-order valence-corrected chi connectivity index (χ2v) is 8.56. The van der Waals surface area contributed by atoms with Crippen molar-refractivity contribution in [2.45, 2.75) is 77.6 Å². The number of hydrogen-bond donors (Lipinski definition) is 1. The van der Waals surface area contributed by atoms with E-state index >= 15 is 0 Å². The Kier molecular flexibility index (Phi) is 4.95. The van der Waals surface area contributed by atoms with Gasteiger partial charge in [-0.15, -0.1) is 0 Å². The van der Waals surface area contributed by atoms with Crippen LogP contribution in [0.15, 0.2) is 0 Å². The minimum Gasteiger partial charge on any atom is -0.487 e.